The van der Waals surface area contributed by atoms with Crippen LogP contribution >= 0.6 is 11.6 Å². The summed E-state index contributed by atoms with van der Waals surface area (Å²) >= 11 is 6.16. The van der Waals surface area contributed by atoms with Gasteiger partial charge in [-0.2, -0.15) is 17.6 Å². The molecule has 1 aliphatic rings. The van der Waals surface area contributed by atoms with E-state index >= 15 is 4.39 Å². The van der Waals surface area contributed by atoms with E-state index in [1.165, 1.54) is 18.3 Å². The monoisotopic (exact) mass is 709 g/mol. The molecular weight excluding hydrogens is 669 g/mol. The predicted octanol–water partition coefficient (Wildman–Crippen LogP) is 8.70. The number of urea groups is 1. The lowest BCUT2D eigenvalue weighted by molar-refractivity contribution is -0.253. The molecule has 1 atom stereocenters. The number of esters is 1. The summed E-state index contributed by atoms with van der Waals surface area (Å²) in [5.74, 6) is -1.77. The number of alkyl halides is 4. The molecule has 0 saturated heterocycles. The number of nitrogens with zero attached hydrogens (tertiary/aromatic N) is 2. The average Bonchev–Trinajstić information content (AvgIpc) is 3.05. The summed E-state index contributed by atoms with van der Waals surface area (Å²) < 4.78 is 78.8. The van der Waals surface area contributed by atoms with E-state index in [-0.39, 0.29) is 40.5 Å². The lowest BCUT2D eigenvalue weighted by Crippen LogP contribution is -2.54. The Morgan fingerprint density at radius 3 is 2.29 bits per heavy atom. The fraction of sp³-hybridized carbons (Fsp3) is 0.472. The maximum Gasteiger partial charge on any atom is 0.461 e. The van der Waals surface area contributed by atoms with Crippen LogP contribution in [-0.4, -0.2) is 54.1 Å². The van der Waals surface area contributed by atoms with Gasteiger partial charge in [0.1, 0.15) is 17.1 Å². The van der Waals surface area contributed by atoms with Crippen molar-refractivity contribution in [2.75, 3.05) is 19.7 Å². The molecule has 1 heterocycles. The number of nitrogens with one attached hydrogen (secondary N) is 1. The molecular formula is C36H41ClF5N3O4. The molecule has 1 aliphatic carbocycles. The van der Waals surface area contributed by atoms with Crippen LogP contribution in [0.15, 0.2) is 60.8 Å². The molecule has 0 bridgehead atoms. The zero-order valence-electron chi connectivity index (χ0n) is 27.7. The molecule has 1 saturated carbocycles. The first-order valence-electron chi connectivity index (χ1n) is 16.3. The second-order valence-corrected chi connectivity index (χ2v) is 12.9. The Morgan fingerprint density at radius 1 is 1.02 bits per heavy atom. The largest absolute Gasteiger partial charge is 0.466 e. The van der Waals surface area contributed by atoms with Gasteiger partial charge in [-0.3, -0.25) is 9.78 Å². The number of aromatic nitrogens is 1. The Bertz CT molecular complexity index is 1550. The van der Waals surface area contributed by atoms with Crippen molar-refractivity contribution in [1.82, 2.24) is 15.2 Å². The van der Waals surface area contributed by atoms with Crippen molar-refractivity contribution in [2.45, 2.75) is 77.4 Å². The normalized spacial score (nSPS) is 17.7. The number of carbonyl (C=O) groups is 2. The first-order chi connectivity index (χ1) is 23.2. The second kappa shape index (κ2) is 16.7. The number of carbonyl (C=O) groups excluding carboxylic acids is 2. The van der Waals surface area contributed by atoms with Gasteiger partial charge < -0.3 is 19.7 Å². The van der Waals surface area contributed by atoms with Gasteiger partial charge in [0.25, 0.3) is 0 Å². The smallest absolute Gasteiger partial charge is 0.461 e. The molecule has 49 heavy (non-hydrogen) atoms. The molecule has 0 radical (unpaired) electrons. The van der Waals surface area contributed by atoms with E-state index in [1.807, 2.05) is 26.0 Å². The van der Waals surface area contributed by atoms with E-state index in [1.54, 1.807) is 24.0 Å². The fourth-order valence-electron chi connectivity index (χ4n) is 6.23. The Kier molecular flexibility index (Phi) is 12.9. The second-order valence-electron chi connectivity index (χ2n) is 12.4. The van der Waals surface area contributed by atoms with Gasteiger partial charge in [0, 0.05) is 38.2 Å². The molecule has 7 nitrogen and oxygen atoms in total. The number of hydrogen-bond acceptors (Lipinski definition) is 5. The molecule has 2 aromatic carbocycles. The highest BCUT2D eigenvalue weighted by Crippen LogP contribution is 2.38. The molecule has 0 spiro atoms. The van der Waals surface area contributed by atoms with Crippen LogP contribution in [-0.2, 0) is 21.5 Å². The van der Waals surface area contributed by atoms with Crippen LogP contribution in [0.3, 0.4) is 0 Å². The molecule has 2 amide bonds. The Balaban J connectivity index is 1.72. The fourth-order valence-corrected chi connectivity index (χ4v) is 6.35. The zero-order valence-corrected chi connectivity index (χ0v) is 28.4. The van der Waals surface area contributed by atoms with E-state index < -0.39 is 35.7 Å². The minimum absolute atomic E-state index is 0.0295. The van der Waals surface area contributed by atoms with E-state index in [0.717, 1.165) is 43.4 Å². The van der Waals surface area contributed by atoms with Gasteiger partial charge in [0.05, 0.1) is 17.3 Å². The lowest BCUT2D eigenvalue weighted by Gasteiger charge is -2.39. The number of hydrogen-bond donors (Lipinski definition) is 1. The van der Waals surface area contributed by atoms with Crippen LogP contribution < -0.4 is 10.1 Å². The summed E-state index contributed by atoms with van der Waals surface area (Å²) in [6.07, 6.45) is -4.20. The van der Waals surface area contributed by atoms with Crippen molar-refractivity contribution in [3.63, 3.8) is 0 Å². The van der Waals surface area contributed by atoms with Crippen molar-refractivity contribution in [1.29, 1.82) is 0 Å². The van der Waals surface area contributed by atoms with Crippen molar-refractivity contribution in [3.8, 4) is 5.75 Å². The summed E-state index contributed by atoms with van der Waals surface area (Å²) in [4.78, 5) is 32.3. The standard InChI is InChI=1S/C36H41ClF5N3O4/c1-4-45(22-26-12-10-24(11-13-26)16-32(46)48-5-2)34(47)44-35(31-15-14-28(37)21-43-31,20-25-8-6-23(3)7-9-25)27-17-29(38)19-30(18-27)49-36(41,42)33(39)40/h6-9,14-15,17-19,21,24,26,33H,4-5,10-13,16,20,22H2,1-3H3,(H,44,47)/t24-,26-,35-/m0/s1. The van der Waals surface area contributed by atoms with Crippen molar-refractivity contribution < 1.29 is 41.0 Å². The maximum atomic E-state index is 15.2. The molecule has 4 rings (SSSR count). The predicted molar refractivity (Wildman–Crippen MR) is 175 cm³/mol. The highest BCUT2D eigenvalue weighted by molar-refractivity contribution is 6.30. The molecule has 1 fully saturated rings. The van der Waals surface area contributed by atoms with Crippen molar-refractivity contribution in [3.05, 3.63) is 94.0 Å². The number of amides is 2. The minimum atomic E-state index is -4.90. The summed E-state index contributed by atoms with van der Waals surface area (Å²) in [5.41, 5.74) is 0.0514. The van der Waals surface area contributed by atoms with E-state index in [2.05, 4.69) is 15.0 Å². The Hall–Kier alpha value is -3.93. The highest BCUT2D eigenvalue weighted by atomic mass is 35.5. The number of rotatable bonds is 14. The van der Waals surface area contributed by atoms with Crippen LogP contribution in [0.25, 0.3) is 0 Å². The number of benzene rings is 2. The number of halogens is 6. The third-order valence-electron chi connectivity index (χ3n) is 8.82. The number of aryl methyl sites for hydroxylation is 1. The molecule has 1 aromatic heterocycles. The summed E-state index contributed by atoms with van der Waals surface area (Å²) in [6.45, 7) is 6.50. The number of ether oxygens (including phenoxy) is 2. The van der Waals surface area contributed by atoms with Crippen LogP contribution in [0.4, 0.5) is 26.7 Å². The van der Waals surface area contributed by atoms with Crippen LogP contribution in [0, 0.1) is 24.6 Å². The zero-order chi connectivity index (χ0) is 35.8. The minimum Gasteiger partial charge on any atom is -0.466 e. The highest BCUT2D eigenvalue weighted by Gasteiger charge is 2.45. The van der Waals surface area contributed by atoms with Gasteiger partial charge in [-0.05, 0) is 93.7 Å². The van der Waals surface area contributed by atoms with Crippen LogP contribution in [0.5, 0.6) is 5.75 Å². The molecule has 0 aliphatic heterocycles. The summed E-state index contributed by atoms with van der Waals surface area (Å²) in [7, 11) is 0. The van der Waals surface area contributed by atoms with Gasteiger partial charge in [-0.15, -0.1) is 0 Å². The van der Waals surface area contributed by atoms with E-state index in [9.17, 15) is 27.2 Å². The quantitative estimate of drug-likeness (QED) is 0.134. The third kappa shape index (κ3) is 10.1. The van der Waals surface area contributed by atoms with Crippen molar-refractivity contribution in [2.24, 2.45) is 11.8 Å². The maximum absolute atomic E-state index is 15.2. The molecule has 3 aromatic rings. The first-order valence-corrected chi connectivity index (χ1v) is 16.7. The molecule has 13 heteroatoms. The molecule has 0 unspecified atom stereocenters. The Morgan fingerprint density at radius 2 is 1.69 bits per heavy atom. The summed E-state index contributed by atoms with van der Waals surface area (Å²) in [6, 6.07) is 12.4. The average molecular weight is 710 g/mol. The van der Waals surface area contributed by atoms with Crippen LogP contribution in [0.1, 0.15) is 68.3 Å². The molecule has 1 N–H and O–H groups in total. The van der Waals surface area contributed by atoms with Gasteiger partial charge in [-0.25, -0.2) is 9.18 Å². The third-order valence-corrected chi connectivity index (χ3v) is 9.05. The SMILES string of the molecule is CCOC(=O)C[C@H]1CC[C@H](CN(CC)C(=O)N[C@@](Cc2ccc(C)cc2)(c2cc(F)cc(OC(F)(F)C(F)F)c2)c2ccc(Cl)cn2)CC1. The summed E-state index contributed by atoms with van der Waals surface area (Å²) in [5, 5.41) is 3.31. The van der Waals surface area contributed by atoms with Gasteiger partial charge >= 0.3 is 24.5 Å². The van der Waals surface area contributed by atoms with Gasteiger partial charge in [-0.1, -0.05) is 41.4 Å². The number of pyridine rings is 1. The Labute approximate surface area is 288 Å². The van der Waals surface area contributed by atoms with Gasteiger partial charge in [0.15, 0.2) is 0 Å². The van der Waals surface area contributed by atoms with E-state index in [0.29, 0.717) is 37.7 Å². The van der Waals surface area contributed by atoms with Gasteiger partial charge in [0.2, 0.25) is 0 Å². The molecule has 266 valence electrons. The van der Waals surface area contributed by atoms with E-state index in [4.69, 9.17) is 16.3 Å². The lowest BCUT2D eigenvalue weighted by atomic mass is 9.79. The van der Waals surface area contributed by atoms with Crippen LogP contribution in [0.2, 0.25) is 5.02 Å². The topological polar surface area (TPSA) is 80.8 Å². The first kappa shape index (κ1) is 37.9. The van der Waals surface area contributed by atoms with Crippen molar-refractivity contribution >= 4 is 23.6 Å².